The van der Waals surface area contributed by atoms with Crippen LogP contribution in [-0.4, -0.2) is 47.3 Å². The van der Waals surface area contributed by atoms with Crippen LogP contribution in [0.25, 0.3) is 0 Å². The molecule has 4 rings (SSSR count). The van der Waals surface area contributed by atoms with Crippen molar-refractivity contribution in [3.05, 3.63) is 40.5 Å². The Kier molecular flexibility index (Phi) is 4.52. The van der Waals surface area contributed by atoms with Crippen molar-refractivity contribution >= 4 is 11.3 Å². The number of nitrogens with zero attached hydrogens (tertiary/aromatic N) is 3. The molecule has 24 heavy (non-hydrogen) atoms. The zero-order chi connectivity index (χ0) is 16.4. The van der Waals surface area contributed by atoms with Crippen molar-refractivity contribution in [1.29, 1.82) is 0 Å². The number of likely N-dealkylation sites (tertiary alicyclic amines) is 1. The van der Waals surface area contributed by atoms with Gasteiger partial charge < -0.3 is 9.47 Å². The first kappa shape index (κ1) is 16.0. The third-order valence-corrected chi connectivity index (χ3v) is 5.87. The quantitative estimate of drug-likeness (QED) is 0.834. The summed E-state index contributed by atoms with van der Waals surface area (Å²) in [6, 6.07) is 5.78. The summed E-state index contributed by atoms with van der Waals surface area (Å²) in [4.78, 5) is 11.4. The largest absolute Gasteiger partial charge is 0.477 e. The molecule has 128 valence electrons. The van der Waals surface area contributed by atoms with E-state index in [2.05, 4.69) is 27.2 Å². The first-order chi connectivity index (χ1) is 11.7. The predicted molar refractivity (Wildman–Crippen MR) is 93.3 cm³/mol. The van der Waals surface area contributed by atoms with Crippen molar-refractivity contribution < 1.29 is 9.47 Å². The van der Waals surface area contributed by atoms with Crippen molar-refractivity contribution in [2.45, 2.75) is 32.4 Å². The molecular formula is C18H23N3O2S. The lowest BCUT2D eigenvalue weighted by atomic mass is 9.77. The van der Waals surface area contributed by atoms with Gasteiger partial charge in [-0.1, -0.05) is 6.07 Å². The standard InChI is InChI=1S/C18H23N3O2S/c1-14-20-15(11-24-14)10-21-8-5-16-18(12-21,6-9-22-16)13-23-17-4-2-3-7-19-17/h2-4,7,11,16H,5-6,8-10,12-13H2,1H3/t16-,18+/m0/s1. The molecule has 2 aliphatic rings. The molecule has 5 nitrogen and oxygen atoms in total. The Morgan fingerprint density at radius 2 is 2.42 bits per heavy atom. The summed E-state index contributed by atoms with van der Waals surface area (Å²) < 4.78 is 12.0. The SMILES string of the molecule is Cc1nc(CN2CC[C@@H]3OCC[C@]3(COc3ccccn3)C2)cs1. The van der Waals surface area contributed by atoms with Gasteiger partial charge >= 0.3 is 0 Å². The highest BCUT2D eigenvalue weighted by Gasteiger charge is 2.48. The molecule has 0 radical (unpaired) electrons. The first-order valence-electron chi connectivity index (χ1n) is 8.52. The second-order valence-electron chi connectivity index (χ2n) is 6.79. The van der Waals surface area contributed by atoms with Crippen LogP contribution < -0.4 is 4.74 Å². The van der Waals surface area contributed by atoms with E-state index < -0.39 is 0 Å². The van der Waals surface area contributed by atoms with Crippen LogP contribution in [0.15, 0.2) is 29.8 Å². The monoisotopic (exact) mass is 345 g/mol. The van der Waals surface area contributed by atoms with Crippen molar-refractivity contribution in [3.63, 3.8) is 0 Å². The van der Waals surface area contributed by atoms with E-state index in [-0.39, 0.29) is 5.41 Å². The van der Waals surface area contributed by atoms with Gasteiger partial charge in [-0.25, -0.2) is 9.97 Å². The van der Waals surface area contributed by atoms with E-state index in [0.717, 1.165) is 44.1 Å². The third kappa shape index (κ3) is 3.31. The summed E-state index contributed by atoms with van der Waals surface area (Å²) in [6.07, 6.45) is 4.19. The Morgan fingerprint density at radius 3 is 3.21 bits per heavy atom. The van der Waals surface area contributed by atoms with Crippen LogP contribution in [0.4, 0.5) is 0 Å². The molecule has 4 heterocycles. The highest BCUT2D eigenvalue weighted by molar-refractivity contribution is 7.09. The van der Waals surface area contributed by atoms with Crippen LogP contribution in [-0.2, 0) is 11.3 Å². The van der Waals surface area contributed by atoms with E-state index in [4.69, 9.17) is 9.47 Å². The number of hydrogen-bond donors (Lipinski definition) is 0. The zero-order valence-corrected chi connectivity index (χ0v) is 14.8. The normalized spacial score (nSPS) is 27.1. The van der Waals surface area contributed by atoms with Crippen molar-refractivity contribution in [2.75, 3.05) is 26.3 Å². The maximum Gasteiger partial charge on any atom is 0.213 e. The van der Waals surface area contributed by atoms with Gasteiger partial charge in [-0.15, -0.1) is 11.3 Å². The average molecular weight is 345 g/mol. The van der Waals surface area contributed by atoms with E-state index in [9.17, 15) is 0 Å². The molecule has 0 amide bonds. The molecule has 0 spiro atoms. The fourth-order valence-corrected chi connectivity index (χ4v) is 4.45. The third-order valence-electron chi connectivity index (χ3n) is 5.05. The summed E-state index contributed by atoms with van der Waals surface area (Å²) in [5.74, 6) is 0.699. The maximum atomic E-state index is 6.02. The van der Waals surface area contributed by atoms with Gasteiger partial charge in [0.15, 0.2) is 0 Å². The van der Waals surface area contributed by atoms with Gasteiger partial charge in [-0.2, -0.15) is 0 Å². The zero-order valence-electron chi connectivity index (χ0n) is 14.0. The molecule has 2 aromatic rings. The second kappa shape index (κ2) is 6.78. The minimum absolute atomic E-state index is 0.0703. The summed E-state index contributed by atoms with van der Waals surface area (Å²) in [6.45, 7) is 6.55. The van der Waals surface area contributed by atoms with Crippen molar-refractivity contribution in [3.8, 4) is 5.88 Å². The molecule has 2 fully saturated rings. The van der Waals surface area contributed by atoms with Crippen LogP contribution in [0.2, 0.25) is 0 Å². The summed E-state index contributed by atoms with van der Waals surface area (Å²) in [5.41, 5.74) is 1.25. The summed E-state index contributed by atoms with van der Waals surface area (Å²) in [7, 11) is 0. The summed E-state index contributed by atoms with van der Waals surface area (Å²) in [5, 5.41) is 3.31. The highest BCUT2D eigenvalue weighted by Crippen LogP contribution is 2.41. The number of pyridine rings is 1. The molecule has 0 unspecified atom stereocenters. The topological polar surface area (TPSA) is 47.5 Å². The second-order valence-corrected chi connectivity index (χ2v) is 7.85. The fraction of sp³-hybridized carbons (Fsp3) is 0.556. The molecular weight excluding hydrogens is 322 g/mol. The number of rotatable bonds is 5. The molecule has 0 bridgehead atoms. The molecule has 0 N–H and O–H groups in total. The van der Waals surface area contributed by atoms with E-state index in [1.807, 2.05) is 18.2 Å². The molecule has 2 aliphatic heterocycles. The van der Waals surface area contributed by atoms with E-state index in [0.29, 0.717) is 18.6 Å². The number of thiazole rings is 1. The minimum atomic E-state index is 0.0703. The lowest BCUT2D eigenvalue weighted by Crippen LogP contribution is -2.52. The molecule has 0 aliphatic carbocycles. The van der Waals surface area contributed by atoms with Crippen LogP contribution in [0.1, 0.15) is 23.5 Å². The Bertz CT molecular complexity index is 678. The highest BCUT2D eigenvalue weighted by atomic mass is 32.1. The average Bonchev–Trinajstić information content (AvgIpc) is 3.20. The van der Waals surface area contributed by atoms with Gasteiger partial charge in [-0.05, 0) is 25.8 Å². The van der Waals surface area contributed by atoms with Gasteiger partial charge in [-0.3, -0.25) is 4.90 Å². The van der Waals surface area contributed by atoms with Crippen molar-refractivity contribution in [1.82, 2.24) is 14.9 Å². The van der Waals surface area contributed by atoms with Crippen LogP contribution >= 0.6 is 11.3 Å². The molecule has 2 atom stereocenters. The number of fused-ring (bicyclic) bond motifs is 1. The molecule has 2 saturated heterocycles. The van der Waals surface area contributed by atoms with Gasteiger partial charge in [0.1, 0.15) is 0 Å². The first-order valence-corrected chi connectivity index (χ1v) is 9.40. The lowest BCUT2D eigenvalue weighted by Gasteiger charge is -2.43. The lowest BCUT2D eigenvalue weighted by molar-refractivity contribution is -0.0422. The van der Waals surface area contributed by atoms with E-state index >= 15 is 0 Å². The molecule has 2 aromatic heterocycles. The van der Waals surface area contributed by atoms with Gasteiger partial charge in [0.25, 0.3) is 0 Å². The summed E-state index contributed by atoms with van der Waals surface area (Å²) >= 11 is 1.72. The van der Waals surface area contributed by atoms with E-state index in [1.54, 1.807) is 17.5 Å². The number of piperidine rings is 1. The number of aromatic nitrogens is 2. The maximum absolute atomic E-state index is 6.02. The van der Waals surface area contributed by atoms with Crippen LogP contribution in [0.5, 0.6) is 5.88 Å². The van der Waals surface area contributed by atoms with Gasteiger partial charge in [0, 0.05) is 49.3 Å². The molecule has 0 aromatic carbocycles. The smallest absolute Gasteiger partial charge is 0.213 e. The Labute approximate surface area is 146 Å². The van der Waals surface area contributed by atoms with Gasteiger partial charge in [0.05, 0.1) is 23.4 Å². The minimum Gasteiger partial charge on any atom is -0.477 e. The van der Waals surface area contributed by atoms with Gasteiger partial charge in [0.2, 0.25) is 5.88 Å². The Balaban J connectivity index is 1.44. The number of ether oxygens (including phenoxy) is 2. The van der Waals surface area contributed by atoms with Crippen LogP contribution in [0, 0.1) is 12.3 Å². The predicted octanol–water partition coefficient (Wildman–Crippen LogP) is 2.91. The molecule has 6 heteroatoms. The number of hydrogen-bond acceptors (Lipinski definition) is 6. The van der Waals surface area contributed by atoms with Crippen molar-refractivity contribution in [2.24, 2.45) is 5.41 Å². The number of aryl methyl sites for hydroxylation is 1. The Morgan fingerprint density at radius 1 is 1.46 bits per heavy atom. The molecule has 0 saturated carbocycles. The fourth-order valence-electron chi connectivity index (χ4n) is 3.84. The van der Waals surface area contributed by atoms with Crippen LogP contribution in [0.3, 0.4) is 0 Å². The Hall–Kier alpha value is -1.50. The van der Waals surface area contributed by atoms with E-state index in [1.165, 1.54) is 5.69 Å².